The van der Waals surface area contributed by atoms with Crippen molar-refractivity contribution in [2.45, 2.75) is 23.9 Å². The Labute approximate surface area is 204 Å². The molecule has 186 valence electrons. The van der Waals surface area contributed by atoms with E-state index in [-0.39, 0.29) is 29.3 Å². The minimum Gasteiger partial charge on any atom is -0.458 e. The maximum absolute atomic E-state index is 13.8. The number of nitrogens with one attached hydrogen (secondary N) is 1. The lowest BCUT2D eigenvalue weighted by Gasteiger charge is -2.16. The first-order valence-corrected chi connectivity index (χ1v) is 11.7. The maximum atomic E-state index is 13.8. The summed E-state index contributed by atoms with van der Waals surface area (Å²) in [4.78, 5) is 14.3. The molecule has 6 nitrogen and oxygen atoms in total. The summed E-state index contributed by atoms with van der Waals surface area (Å²) in [5, 5.41) is 2.55. The number of benzene rings is 3. The molecule has 0 aliphatic heterocycles. The van der Waals surface area contributed by atoms with Crippen molar-refractivity contribution >= 4 is 27.5 Å². The number of amides is 1. The second kappa shape index (κ2) is 10.6. The molecule has 0 saturated heterocycles. The van der Waals surface area contributed by atoms with Crippen LogP contribution >= 0.6 is 0 Å². The summed E-state index contributed by atoms with van der Waals surface area (Å²) in [6.45, 7) is 8.45. The highest BCUT2D eigenvalue weighted by molar-refractivity contribution is 7.92. The monoisotopic (exact) mass is 518 g/mol. The zero-order valence-corrected chi connectivity index (χ0v) is 19.5. The number of ether oxygens (including phenoxy) is 1. The van der Waals surface area contributed by atoms with E-state index in [0.717, 1.165) is 35.9 Å². The summed E-state index contributed by atoms with van der Waals surface area (Å²) in [6.07, 6.45) is 1.85. The fourth-order valence-corrected chi connectivity index (χ4v) is 4.17. The van der Waals surface area contributed by atoms with Crippen molar-refractivity contribution in [3.8, 4) is 11.5 Å². The van der Waals surface area contributed by atoms with Gasteiger partial charge in [0, 0.05) is 29.8 Å². The Morgan fingerprint density at radius 3 is 2.44 bits per heavy atom. The fraction of sp³-hybridized carbons (Fsp3) is 0.120. The molecule has 3 aromatic carbocycles. The zero-order chi connectivity index (χ0) is 26.5. The van der Waals surface area contributed by atoms with Gasteiger partial charge in [0.15, 0.2) is 5.69 Å². The van der Waals surface area contributed by atoms with Crippen LogP contribution in [0.25, 0.3) is 10.9 Å². The summed E-state index contributed by atoms with van der Waals surface area (Å²) in [7, 11) is -5.78. The quantitative estimate of drug-likeness (QED) is 0.233. The molecule has 1 amide bonds. The minimum absolute atomic E-state index is 0.0546. The van der Waals surface area contributed by atoms with E-state index >= 15 is 0 Å². The SMILES string of the molecule is [C-]#[N+]c1cc(F)cc(Oc2ccc(S(=O)(=O)C(F)(F)F)c(/C=C/C(=O)NCc3ccccc3)c2C)c1. The summed E-state index contributed by atoms with van der Waals surface area (Å²) in [6, 6.07) is 13.7. The number of hydrogen-bond donors (Lipinski definition) is 1. The third-order valence-electron chi connectivity index (χ3n) is 4.94. The van der Waals surface area contributed by atoms with E-state index in [9.17, 15) is 30.8 Å². The topological polar surface area (TPSA) is 76.8 Å². The van der Waals surface area contributed by atoms with Gasteiger partial charge in [0.2, 0.25) is 5.91 Å². The number of hydrogen-bond acceptors (Lipinski definition) is 4. The summed E-state index contributed by atoms with van der Waals surface area (Å²) in [5.74, 6) is -1.66. The lowest BCUT2D eigenvalue weighted by molar-refractivity contribution is -0.116. The van der Waals surface area contributed by atoms with Crippen LogP contribution in [-0.4, -0.2) is 19.8 Å². The Bertz CT molecular complexity index is 1460. The molecule has 0 radical (unpaired) electrons. The van der Waals surface area contributed by atoms with Crippen LogP contribution in [0.2, 0.25) is 0 Å². The van der Waals surface area contributed by atoms with E-state index in [1.807, 2.05) is 0 Å². The number of carbonyl (C=O) groups is 1. The van der Waals surface area contributed by atoms with E-state index in [0.29, 0.717) is 6.07 Å². The molecule has 0 saturated carbocycles. The first-order chi connectivity index (χ1) is 16.9. The van der Waals surface area contributed by atoms with E-state index in [1.165, 1.54) is 13.0 Å². The predicted molar refractivity (Wildman–Crippen MR) is 124 cm³/mol. The molecule has 3 rings (SSSR count). The summed E-state index contributed by atoms with van der Waals surface area (Å²) >= 11 is 0. The van der Waals surface area contributed by atoms with Crippen LogP contribution in [0.3, 0.4) is 0 Å². The molecular weight excluding hydrogens is 500 g/mol. The molecular formula is C25H18F4N2O4S. The molecule has 36 heavy (non-hydrogen) atoms. The Morgan fingerprint density at radius 2 is 1.81 bits per heavy atom. The van der Waals surface area contributed by atoms with Gasteiger partial charge in [0.05, 0.1) is 11.5 Å². The van der Waals surface area contributed by atoms with Gasteiger partial charge >= 0.3 is 5.51 Å². The van der Waals surface area contributed by atoms with Crippen molar-refractivity contribution in [1.29, 1.82) is 0 Å². The second-order valence-corrected chi connectivity index (χ2v) is 9.36. The van der Waals surface area contributed by atoms with Crippen LogP contribution in [0.15, 0.2) is 71.6 Å². The molecule has 0 spiro atoms. The molecule has 0 bridgehead atoms. The number of nitrogens with zero attached hydrogens (tertiary/aromatic N) is 1. The van der Waals surface area contributed by atoms with Crippen LogP contribution in [-0.2, 0) is 21.2 Å². The highest BCUT2D eigenvalue weighted by Gasteiger charge is 2.48. The Morgan fingerprint density at radius 1 is 1.11 bits per heavy atom. The largest absolute Gasteiger partial charge is 0.501 e. The Hall–Kier alpha value is -4.17. The number of sulfone groups is 1. The molecule has 0 aliphatic rings. The van der Waals surface area contributed by atoms with Gasteiger partial charge in [0.25, 0.3) is 9.84 Å². The second-order valence-electron chi connectivity index (χ2n) is 7.45. The normalized spacial score (nSPS) is 11.8. The Balaban J connectivity index is 2.00. The molecule has 0 aromatic heterocycles. The van der Waals surface area contributed by atoms with Crippen LogP contribution in [0.5, 0.6) is 11.5 Å². The standard InChI is InChI=1S/C25H18F4N2O4S/c1-16-21(8-11-24(32)31-15-17-6-4-3-5-7-17)23(36(33,34)25(27,28)29)10-9-22(16)35-20-13-18(26)12-19(14-20)30-2/h3-14H,15H2,1H3,(H,31,32)/b11-8+. The fourth-order valence-electron chi connectivity index (χ4n) is 3.16. The number of carbonyl (C=O) groups excluding carboxylic acids is 1. The van der Waals surface area contributed by atoms with Gasteiger partial charge in [-0.3, -0.25) is 4.79 Å². The highest BCUT2D eigenvalue weighted by atomic mass is 32.2. The number of halogens is 4. The van der Waals surface area contributed by atoms with Gasteiger partial charge in [0.1, 0.15) is 17.3 Å². The molecule has 0 atom stereocenters. The number of alkyl halides is 3. The predicted octanol–water partition coefficient (Wildman–Crippen LogP) is 6.10. The third-order valence-corrected chi connectivity index (χ3v) is 6.49. The minimum atomic E-state index is -5.78. The first-order valence-electron chi connectivity index (χ1n) is 10.2. The first kappa shape index (κ1) is 26.4. The zero-order valence-electron chi connectivity index (χ0n) is 18.6. The lowest BCUT2D eigenvalue weighted by Crippen LogP contribution is -2.24. The molecule has 11 heteroatoms. The average molecular weight is 518 g/mol. The summed E-state index contributed by atoms with van der Waals surface area (Å²) < 4.78 is 83.7. The van der Waals surface area contributed by atoms with Gasteiger partial charge < -0.3 is 10.1 Å². The van der Waals surface area contributed by atoms with E-state index in [4.69, 9.17) is 11.3 Å². The maximum Gasteiger partial charge on any atom is 0.501 e. The van der Waals surface area contributed by atoms with Crippen molar-refractivity contribution < 1.29 is 35.5 Å². The lowest BCUT2D eigenvalue weighted by atomic mass is 10.1. The van der Waals surface area contributed by atoms with Gasteiger partial charge in [-0.15, -0.1) is 0 Å². The highest BCUT2D eigenvalue weighted by Crippen LogP contribution is 2.38. The van der Waals surface area contributed by atoms with E-state index < -0.39 is 37.5 Å². The molecule has 0 aliphatic carbocycles. The number of rotatable bonds is 7. The van der Waals surface area contributed by atoms with Crippen molar-refractivity contribution in [3.63, 3.8) is 0 Å². The van der Waals surface area contributed by atoms with Crippen molar-refractivity contribution in [2.24, 2.45) is 0 Å². The van der Waals surface area contributed by atoms with Gasteiger partial charge in [-0.2, -0.15) is 13.2 Å². The molecule has 0 unspecified atom stereocenters. The van der Waals surface area contributed by atoms with Crippen LogP contribution in [0, 0.1) is 19.3 Å². The molecule has 0 heterocycles. The van der Waals surface area contributed by atoms with Crippen LogP contribution in [0.1, 0.15) is 16.7 Å². The average Bonchev–Trinajstić information content (AvgIpc) is 2.82. The van der Waals surface area contributed by atoms with Gasteiger partial charge in [-0.05, 0) is 42.8 Å². The van der Waals surface area contributed by atoms with E-state index in [1.54, 1.807) is 30.3 Å². The smallest absolute Gasteiger partial charge is 0.458 e. The van der Waals surface area contributed by atoms with Crippen LogP contribution in [0.4, 0.5) is 23.2 Å². The van der Waals surface area contributed by atoms with E-state index in [2.05, 4.69) is 10.2 Å². The van der Waals surface area contributed by atoms with Crippen molar-refractivity contribution in [2.75, 3.05) is 0 Å². The van der Waals surface area contributed by atoms with Crippen molar-refractivity contribution in [1.82, 2.24) is 5.32 Å². The van der Waals surface area contributed by atoms with Gasteiger partial charge in [-0.25, -0.2) is 17.7 Å². The van der Waals surface area contributed by atoms with Crippen molar-refractivity contribution in [3.05, 3.63) is 101 Å². The summed E-state index contributed by atoms with van der Waals surface area (Å²) in [5.41, 5.74) is -5.37. The van der Waals surface area contributed by atoms with Gasteiger partial charge in [-0.1, -0.05) is 30.3 Å². The Kier molecular flexibility index (Phi) is 7.80. The van der Waals surface area contributed by atoms with Crippen LogP contribution < -0.4 is 10.1 Å². The molecule has 0 fully saturated rings. The third kappa shape index (κ3) is 6.09. The molecule has 3 aromatic rings. The molecule has 1 N–H and O–H groups in total.